The highest BCUT2D eigenvalue weighted by atomic mass is 19.1. The first kappa shape index (κ1) is 22.6. The van der Waals surface area contributed by atoms with E-state index in [0.29, 0.717) is 35.2 Å². The highest BCUT2D eigenvalue weighted by Gasteiger charge is 2.29. The molecule has 5 N–H and O–H groups in total. The van der Waals surface area contributed by atoms with Gasteiger partial charge in [0.05, 0.1) is 12.7 Å². The van der Waals surface area contributed by atoms with Crippen LogP contribution in [0.1, 0.15) is 68.2 Å². The third-order valence-corrected chi connectivity index (χ3v) is 5.44. The summed E-state index contributed by atoms with van der Waals surface area (Å²) in [4.78, 5) is 7.97. The second-order valence-corrected chi connectivity index (χ2v) is 8.49. The molecule has 0 radical (unpaired) electrons. The first-order chi connectivity index (χ1) is 15.9. The van der Waals surface area contributed by atoms with Gasteiger partial charge in [0.15, 0.2) is 11.6 Å². The summed E-state index contributed by atoms with van der Waals surface area (Å²) in [5.74, 6) is 1.28. The molecule has 1 heterocycles. The monoisotopic (exact) mass is 451 g/mol. The molecular formula is C25H30FN5O2. The molecule has 7 nitrogen and oxygen atoms in total. The van der Waals surface area contributed by atoms with Crippen molar-refractivity contribution in [3.63, 3.8) is 0 Å². The third-order valence-electron chi connectivity index (χ3n) is 5.44. The number of hydrogen-bond donors (Lipinski definition) is 4. The van der Waals surface area contributed by atoms with Crippen LogP contribution in [-0.2, 0) is 0 Å². The quantitative estimate of drug-likeness (QED) is 0.253. The number of hydrogen-bond acceptors (Lipinski definition) is 5. The lowest BCUT2D eigenvalue weighted by Crippen LogP contribution is -2.18. The number of benzene rings is 2. The molecule has 0 saturated heterocycles. The van der Waals surface area contributed by atoms with E-state index in [1.54, 1.807) is 24.3 Å². The lowest BCUT2D eigenvalue weighted by atomic mass is 10.0. The molecule has 1 aliphatic rings. The summed E-state index contributed by atoms with van der Waals surface area (Å²) in [6, 6.07) is 9.77. The lowest BCUT2D eigenvalue weighted by molar-refractivity contribution is 0.228. The number of nitrogens with zero attached hydrogens (tertiary/aromatic N) is 1. The summed E-state index contributed by atoms with van der Waals surface area (Å²) in [7, 11) is 0. The summed E-state index contributed by atoms with van der Waals surface area (Å²) >= 11 is 0. The molecule has 33 heavy (non-hydrogen) atoms. The van der Waals surface area contributed by atoms with E-state index in [2.05, 4.69) is 15.3 Å². The van der Waals surface area contributed by atoms with Crippen LogP contribution in [0.15, 0.2) is 42.6 Å². The number of rotatable bonds is 10. The summed E-state index contributed by atoms with van der Waals surface area (Å²) in [5.41, 5.74) is 8.35. The maximum atomic E-state index is 15.7. The van der Waals surface area contributed by atoms with E-state index in [9.17, 15) is 0 Å². The van der Waals surface area contributed by atoms with Crippen LogP contribution >= 0.6 is 0 Å². The molecule has 4 rings (SSSR count). The van der Waals surface area contributed by atoms with Crippen molar-refractivity contribution in [2.75, 3.05) is 11.9 Å². The Balaban J connectivity index is 1.77. The first-order valence-electron chi connectivity index (χ1n) is 11.2. The molecule has 8 heteroatoms. The fourth-order valence-electron chi connectivity index (χ4n) is 3.70. The van der Waals surface area contributed by atoms with Gasteiger partial charge in [0.2, 0.25) is 0 Å². The smallest absolute Gasteiger partial charge is 0.171 e. The Labute approximate surface area is 193 Å². The Morgan fingerprint density at radius 3 is 2.61 bits per heavy atom. The number of nitrogen functional groups attached to an aromatic ring is 1. The van der Waals surface area contributed by atoms with Crippen LogP contribution in [0, 0.1) is 11.2 Å². The van der Waals surface area contributed by atoms with E-state index >= 15 is 4.39 Å². The molecule has 1 fully saturated rings. The van der Waals surface area contributed by atoms with E-state index < -0.39 is 11.9 Å². The number of H-pyrrole nitrogens is 1. The number of anilines is 1. The number of halogens is 1. The van der Waals surface area contributed by atoms with Gasteiger partial charge in [-0.15, -0.1) is 0 Å². The van der Waals surface area contributed by atoms with E-state index in [1.165, 1.54) is 0 Å². The van der Waals surface area contributed by atoms with Gasteiger partial charge in [-0.2, -0.15) is 0 Å². The molecular weight excluding hydrogens is 421 g/mol. The van der Waals surface area contributed by atoms with Crippen molar-refractivity contribution in [3.05, 3.63) is 71.1 Å². The highest BCUT2D eigenvalue weighted by Crippen LogP contribution is 2.40. The Bertz CT molecular complexity index is 1120. The van der Waals surface area contributed by atoms with E-state index in [-0.39, 0.29) is 17.7 Å². The molecule has 1 saturated carbocycles. The van der Waals surface area contributed by atoms with Gasteiger partial charge >= 0.3 is 0 Å². The van der Waals surface area contributed by atoms with Gasteiger partial charge in [-0.1, -0.05) is 0 Å². The van der Waals surface area contributed by atoms with Crippen LogP contribution in [0.4, 0.5) is 10.1 Å². The van der Waals surface area contributed by atoms with Crippen LogP contribution in [0.3, 0.4) is 0 Å². The second-order valence-electron chi connectivity index (χ2n) is 8.49. The fourth-order valence-corrected chi connectivity index (χ4v) is 3.70. The van der Waals surface area contributed by atoms with Gasteiger partial charge in [0.25, 0.3) is 0 Å². The lowest BCUT2D eigenvalue weighted by Gasteiger charge is -2.22. The molecule has 3 aromatic rings. The molecule has 2 aromatic carbocycles. The normalized spacial score (nSPS) is 14.2. The van der Waals surface area contributed by atoms with Crippen molar-refractivity contribution in [2.45, 2.75) is 51.7 Å². The Kier molecular flexibility index (Phi) is 6.53. The van der Waals surface area contributed by atoms with Gasteiger partial charge in [-0.05, 0) is 63.9 Å². The second kappa shape index (κ2) is 9.52. The zero-order valence-corrected chi connectivity index (χ0v) is 19.1. The van der Waals surface area contributed by atoms with Crippen molar-refractivity contribution >= 4 is 11.5 Å². The number of aromatic nitrogens is 2. The number of aromatic amines is 1. The Morgan fingerprint density at radius 2 is 2.00 bits per heavy atom. The van der Waals surface area contributed by atoms with Crippen LogP contribution in [-0.4, -0.2) is 28.5 Å². The van der Waals surface area contributed by atoms with Crippen molar-refractivity contribution in [3.8, 4) is 11.5 Å². The van der Waals surface area contributed by atoms with Crippen LogP contribution in [0.5, 0.6) is 11.5 Å². The van der Waals surface area contributed by atoms with Gasteiger partial charge in [0, 0.05) is 40.7 Å². The number of imidazole rings is 1. The predicted molar refractivity (Wildman–Crippen MR) is 127 cm³/mol. The molecule has 1 aliphatic carbocycles. The molecule has 0 bridgehead atoms. The third kappa shape index (κ3) is 5.27. The number of nitrogens with one attached hydrogen (secondary N) is 3. The number of nitrogens with two attached hydrogens (primary N) is 1. The fraction of sp³-hybridized carbons (Fsp3) is 0.360. The SMILES string of the molecule is CCOc1cc(OC(C)C)c(F)c(C(Nc2ccc(C(=N)N)cc2)c2ncc(C3CC3)[nH]2)c1. The zero-order chi connectivity index (χ0) is 23.5. The molecule has 0 spiro atoms. The maximum Gasteiger partial charge on any atom is 0.171 e. The van der Waals surface area contributed by atoms with Gasteiger partial charge in [-0.25, -0.2) is 9.37 Å². The molecule has 1 atom stereocenters. The molecule has 174 valence electrons. The summed E-state index contributed by atoms with van der Waals surface area (Å²) in [6.45, 7) is 6.04. The van der Waals surface area contributed by atoms with Gasteiger partial charge in [0.1, 0.15) is 23.5 Å². The van der Waals surface area contributed by atoms with Crippen molar-refractivity contribution in [1.29, 1.82) is 5.41 Å². The Hall–Kier alpha value is -3.55. The van der Waals surface area contributed by atoms with Gasteiger partial charge in [-0.3, -0.25) is 5.41 Å². The number of ether oxygens (including phenoxy) is 2. The first-order valence-corrected chi connectivity index (χ1v) is 11.2. The molecule has 1 unspecified atom stereocenters. The van der Waals surface area contributed by atoms with Crippen LogP contribution in [0.2, 0.25) is 0 Å². The minimum Gasteiger partial charge on any atom is -0.494 e. The van der Waals surface area contributed by atoms with Crippen LogP contribution < -0.4 is 20.5 Å². The van der Waals surface area contributed by atoms with Crippen LogP contribution in [0.25, 0.3) is 0 Å². The largest absolute Gasteiger partial charge is 0.494 e. The zero-order valence-electron chi connectivity index (χ0n) is 19.1. The highest BCUT2D eigenvalue weighted by molar-refractivity contribution is 5.95. The molecule has 0 aliphatic heterocycles. The van der Waals surface area contributed by atoms with E-state index in [0.717, 1.165) is 24.2 Å². The van der Waals surface area contributed by atoms with E-state index in [1.807, 2.05) is 39.1 Å². The molecule has 1 aromatic heterocycles. The van der Waals surface area contributed by atoms with Gasteiger partial charge < -0.3 is 25.5 Å². The van der Waals surface area contributed by atoms with Crippen molar-refractivity contribution in [2.24, 2.45) is 5.73 Å². The summed E-state index contributed by atoms with van der Waals surface area (Å²) in [6.07, 6.45) is 3.90. The minimum atomic E-state index is -0.615. The maximum absolute atomic E-state index is 15.7. The summed E-state index contributed by atoms with van der Waals surface area (Å²) < 4.78 is 27.2. The van der Waals surface area contributed by atoms with E-state index in [4.69, 9.17) is 20.6 Å². The minimum absolute atomic E-state index is 0.0101. The standard InChI is InChI=1S/C25H30FN5O2/c1-4-32-18-11-19(22(26)21(12-18)33-14(2)3)23(25-29-13-20(31-25)15-5-6-15)30-17-9-7-16(8-10-17)24(27)28/h7-15,23,30H,4-6H2,1-3H3,(H3,27,28)(H,29,31). The average Bonchev–Trinajstić information content (AvgIpc) is 3.51. The number of amidine groups is 1. The predicted octanol–water partition coefficient (Wildman–Crippen LogP) is 5.10. The van der Waals surface area contributed by atoms with Crippen molar-refractivity contribution < 1.29 is 13.9 Å². The van der Waals surface area contributed by atoms with Crippen molar-refractivity contribution in [1.82, 2.24) is 9.97 Å². The molecule has 0 amide bonds. The summed E-state index contributed by atoms with van der Waals surface area (Å²) in [5, 5.41) is 11.0. The Morgan fingerprint density at radius 1 is 1.27 bits per heavy atom. The topological polar surface area (TPSA) is 109 Å². The average molecular weight is 452 g/mol.